The van der Waals surface area contributed by atoms with Crippen LogP contribution in [-0.2, 0) is 0 Å². The Bertz CT molecular complexity index is 1170. The summed E-state index contributed by atoms with van der Waals surface area (Å²) in [7, 11) is 0. The molecular formula is C42H65N3. The molecule has 3 nitrogen and oxygen atoms in total. The van der Waals surface area contributed by atoms with Crippen LogP contribution in [0.1, 0.15) is 148 Å². The van der Waals surface area contributed by atoms with Gasteiger partial charge < -0.3 is 0 Å². The highest BCUT2D eigenvalue weighted by Crippen LogP contribution is 2.67. The molecule has 248 valence electrons. The quantitative estimate of drug-likeness (QED) is 0.272. The second kappa shape index (κ2) is 10.2. The lowest BCUT2D eigenvalue weighted by Gasteiger charge is -2.69. The first-order valence-corrected chi connectivity index (χ1v) is 21.7. The van der Waals surface area contributed by atoms with E-state index in [0.29, 0.717) is 0 Å². The molecule has 0 amide bonds. The molecule has 4 saturated heterocycles. The molecule has 8 aliphatic carbocycles. The minimum Gasteiger partial charge on any atom is -0.291 e. The summed E-state index contributed by atoms with van der Waals surface area (Å²) >= 11 is 0. The van der Waals surface area contributed by atoms with Gasteiger partial charge in [-0.2, -0.15) is 0 Å². The van der Waals surface area contributed by atoms with Crippen molar-refractivity contribution >= 4 is 0 Å². The topological polar surface area (TPSA) is 9.72 Å². The molecule has 0 spiro atoms. The van der Waals surface area contributed by atoms with Crippen LogP contribution in [0, 0.1) is 59.2 Å². The molecule has 4 aliphatic heterocycles. The Morgan fingerprint density at radius 3 is 1.49 bits per heavy atom. The van der Waals surface area contributed by atoms with Crippen LogP contribution >= 0.6 is 0 Å². The van der Waals surface area contributed by atoms with Crippen molar-refractivity contribution in [3.63, 3.8) is 0 Å². The fourth-order valence-electron chi connectivity index (χ4n) is 18.5. The van der Waals surface area contributed by atoms with Crippen LogP contribution in [0.15, 0.2) is 0 Å². The number of hydrogen-bond donors (Lipinski definition) is 0. The van der Waals surface area contributed by atoms with Gasteiger partial charge in [0.25, 0.3) is 0 Å². The predicted molar refractivity (Wildman–Crippen MR) is 181 cm³/mol. The summed E-state index contributed by atoms with van der Waals surface area (Å²) in [4.78, 5) is 10.5. The lowest BCUT2D eigenvalue weighted by Crippen LogP contribution is -2.82. The zero-order valence-corrected chi connectivity index (χ0v) is 28.6. The maximum Gasteiger partial charge on any atom is 0.0414 e. The van der Waals surface area contributed by atoms with E-state index in [4.69, 9.17) is 0 Å². The van der Waals surface area contributed by atoms with Gasteiger partial charge in [0.2, 0.25) is 0 Å². The van der Waals surface area contributed by atoms with Gasteiger partial charge >= 0.3 is 0 Å². The Morgan fingerprint density at radius 1 is 0.267 bits per heavy atom. The predicted octanol–water partition coefficient (Wildman–Crippen LogP) is 8.51. The molecule has 19 unspecified atom stereocenters. The maximum atomic E-state index is 3.53. The van der Waals surface area contributed by atoms with Crippen LogP contribution in [0.5, 0.6) is 0 Å². The van der Waals surface area contributed by atoms with Crippen molar-refractivity contribution in [2.75, 3.05) is 0 Å². The Balaban J connectivity index is 0.973. The van der Waals surface area contributed by atoms with Crippen LogP contribution in [-0.4, -0.2) is 69.1 Å². The summed E-state index contributed by atoms with van der Waals surface area (Å²) in [5, 5.41) is 0. The van der Waals surface area contributed by atoms with E-state index in [1.54, 1.807) is 141 Å². The third-order valence-corrected chi connectivity index (χ3v) is 19.2. The molecule has 3 heteroatoms. The third-order valence-electron chi connectivity index (χ3n) is 19.2. The van der Waals surface area contributed by atoms with E-state index in [0.717, 1.165) is 114 Å². The van der Waals surface area contributed by atoms with E-state index >= 15 is 0 Å². The van der Waals surface area contributed by atoms with E-state index < -0.39 is 0 Å². The number of nitrogens with zero attached hydrogens (tertiary/aromatic N) is 3. The summed E-state index contributed by atoms with van der Waals surface area (Å²) in [5.41, 5.74) is 0. The molecule has 8 saturated carbocycles. The largest absolute Gasteiger partial charge is 0.291 e. The molecule has 0 radical (unpaired) electrons. The summed E-state index contributed by atoms with van der Waals surface area (Å²) in [6.07, 6.45) is 36.2. The van der Waals surface area contributed by atoms with Crippen molar-refractivity contribution in [3.8, 4) is 0 Å². The first-order chi connectivity index (χ1) is 22.4. The molecule has 19 atom stereocenters. The number of fused-ring (bicyclic) bond motifs is 16. The molecule has 0 N–H and O–H groups in total. The van der Waals surface area contributed by atoms with Crippen molar-refractivity contribution in [2.24, 2.45) is 59.2 Å². The zero-order valence-electron chi connectivity index (χ0n) is 28.6. The summed E-state index contributed by atoms with van der Waals surface area (Å²) < 4.78 is 0. The highest BCUT2D eigenvalue weighted by atomic mass is 15.5. The number of piperazine rings is 2. The SMILES string of the molecule is C1CCC2CC3C(CC2C1)C1CCCC2C1N3C1CCCC3C1N2C1CCCC2C4C5CCCCC5C5CCCCC5C4N3C21. The van der Waals surface area contributed by atoms with Gasteiger partial charge in [-0.25, -0.2) is 0 Å². The normalized spacial score (nSPS) is 61.5. The lowest BCUT2D eigenvalue weighted by molar-refractivity contribution is -0.197. The van der Waals surface area contributed by atoms with Crippen LogP contribution in [0.2, 0.25) is 0 Å². The molecule has 45 heavy (non-hydrogen) atoms. The van der Waals surface area contributed by atoms with Gasteiger partial charge in [0.05, 0.1) is 0 Å². The van der Waals surface area contributed by atoms with Crippen molar-refractivity contribution in [2.45, 2.75) is 202 Å². The fraction of sp³-hybridized carbons (Fsp3) is 1.00. The highest BCUT2D eigenvalue weighted by molar-refractivity contribution is 5.26. The van der Waals surface area contributed by atoms with E-state index in [9.17, 15) is 0 Å². The third kappa shape index (κ3) is 3.57. The monoisotopic (exact) mass is 612 g/mol. The minimum atomic E-state index is 0.881. The Kier molecular flexibility index (Phi) is 6.28. The van der Waals surface area contributed by atoms with E-state index in [1.807, 2.05) is 0 Å². The smallest absolute Gasteiger partial charge is 0.0414 e. The van der Waals surface area contributed by atoms with Gasteiger partial charge in [-0.05, 0) is 136 Å². The molecule has 4 heterocycles. The molecule has 0 aromatic heterocycles. The fourth-order valence-corrected chi connectivity index (χ4v) is 18.5. The molecule has 0 bridgehead atoms. The number of hydrogen-bond acceptors (Lipinski definition) is 3. The maximum absolute atomic E-state index is 3.53. The molecule has 12 rings (SSSR count). The summed E-state index contributed by atoms with van der Waals surface area (Å²) in [6.45, 7) is 0. The second-order valence-electron chi connectivity index (χ2n) is 20.0. The van der Waals surface area contributed by atoms with Crippen molar-refractivity contribution < 1.29 is 0 Å². The molecule has 0 aromatic rings. The first kappa shape index (κ1) is 27.7. The van der Waals surface area contributed by atoms with Crippen LogP contribution in [0.3, 0.4) is 0 Å². The average Bonchev–Trinajstić information content (AvgIpc) is 3.62. The standard InChI is InChI=1S/C42H65N3/c1-2-11-25-23-37-32(22-24(25)10-1)30-16-7-18-33-39(30)44(37)35-20-9-21-36-42(35)43(33)34-19-8-17-31-38-28-14-5-3-12-26(28)27-13-4-6-15-29(27)41(38)45(36)40(31)34/h24-42H,1-23H2. The van der Waals surface area contributed by atoms with E-state index in [1.165, 1.54) is 6.42 Å². The van der Waals surface area contributed by atoms with Gasteiger partial charge in [0.1, 0.15) is 0 Å². The van der Waals surface area contributed by atoms with E-state index in [2.05, 4.69) is 14.7 Å². The van der Waals surface area contributed by atoms with E-state index in [-0.39, 0.29) is 0 Å². The first-order valence-electron chi connectivity index (χ1n) is 21.7. The summed E-state index contributed by atoms with van der Waals surface area (Å²) in [6, 6.07) is 8.33. The van der Waals surface area contributed by atoms with Crippen LogP contribution in [0.4, 0.5) is 0 Å². The lowest BCUT2D eigenvalue weighted by atomic mass is 9.51. The van der Waals surface area contributed by atoms with Gasteiger partial charge in [0, 0.05) is 54.4 Å². The molecular weight excluding hydrogens is 546 g/mol. The average molecular weight is 612 g/mol. The Hall–Kier alpha value is -0.120. The van der Waals surface area contributed by atoms with Crippen LogP contribution < -0.4 is 0 Å². The number of rotatable bonds is 0. The Morgan fingerprint density at radius 2 is 0.733 bits per heavy atom. The van der Waals surface area contributed by atoms with Crippen molar-refractivity contribution in [1.29, 1.82) is 0 Å². The minimum absolute atomic E-state index is 0.881. The van der Waals surface area contributed by atoms with Gasteiger partial charge in [-0.1, -0.05) is 70.6 Å². The summed E-state index contributed by atoms with van der Waals surface area (Å²) in [5.74, 6) is 10.8. The van der Waals surface area contributed by atoms with Gasteiger partial charge in [0.15, 0.2) is 0 Å². The highest BCUT2D eigenvalue weighted by Gasteiger charge is 2.72. The Labute approximate surface area is 275 Å². The molecule has 0 aromatic carbocycles. The molecule has 12 aliphatic rings. The van der Waals surface area contributed by atoms with Crippen LogP contribution in [0.25, 0.3) is 0 Å². The van der Waals surface area contributed by atoms with Gasteiger partial charge in [-0.15, -0.1) is 0 Å². The molecule has 12 fully saturated rings. The van der Waals surface area contributed by atoms with Crippen molar-refractivity contribution in [3.05, 3.63) is 0 Å². The second-order valence-corrected chi connectivity index (χ2v) is 20.0. The van der Waals surface area contributed by atoms with Crippen molar-refractivity contribution in [1.82, 2.24) is 14.7 Å². The van der Waals surface area contributed by atoms with Gasteiger partial charge in [-0.3, -0.25) is 14.7 Å². The zero-order chi connectivity index (χ0) is 29.0.